The second-order valence-corrected chi connectivity index (χ2v) is 3.76. The lowest BCUT2D eigenvalue weighted by Crippen LogP contribution is -2.47. The zero-order valence-corrected chi connectivity index (χ0v) is 8.35. The van der Waals surface area contributed by atoms with Gasteiger partial charge in [0, 0.05) is 12.6 Å². The number of likely N-dealkylation sites (tertiary alicyclic amines) is 1. The Bertz CT molecular complexity index is 339. The van der Waals surface area contributed by atoms with E-state index in [4.69, 9.17) is 5.26 Å². The third kappa shape index (κ3) is 1.51. The van der Waals surface area contributed by atoms with Crippen LogP contribution in [0.15, 0.2) is 30.3 Å². The normalized spacial score (nSPS) is 23.6. The maximum Gasteiger partial charge on any atom is 0.0995 e. The molecule has 0 radical (unpaired) electrons. The molecule has 14 heavy (non-hydrogen) atoms. The van der Waals surface area contributed by atoms with Gasteiger partial charge in [0.15, 0.2) is 0 Å². The summed E-state index contributed by atoms with van der Waals surface area (Å²) in [6.45, 7) is 3.22. The molecule has 2 rings (SSSR count). The Morgan fingerprint density at radius 1 is 1.43 bits per heavy atom. The summed E-state index contributed by atoms with van der Waals surface area (Å²) in [6, 6.07) is 13.2. The van der Waals surface area contributed by atoms with Crippen molar-refractivity contribution in [3.8, 4) is 6.07 Å². The van der Waals surface area contributed by atoms with Gasteiger partial charge in [-0.3, -0.25) is 4.90 Å². The summed E-state index contributed by atoms with van der Waals surface area (Å²) in [4.78, 5) is 2.25. The van der Waals surface area contributed by atoms with E-state index in [-0.39, 0.29) is 6.04 Å². The molecule has 1 aliphatic rings. The van der Waals surface area contributed by atoms with Gasteiger partial charge in [-0.2, -0.15) is 5.26 Å². The summed E-state index contributed by atoms with van der Waals surface area (Å²) >= 11 is 0. The highest BCUT2D eigenvalue weighted by Gasteiger charge is 2.31. The van der Waals surface area contributed by atoms with Crippen molar-refractivity contribution < 1.29 is 0 Å². The minimum absolute atomic E-state index is 0.130. The summed E-state index contributed by atoms with van der Waals surface area (Å²) in [5.41, 5.74) is 1.30. The first-order valence-electron chi connectivity index (χ1n) is 5.03. The molecule has 1 aliphatic heterocycles. The first kappa shape index (κ1) is 9.23. The number of nitrogens with zero attached hydrogens (tertiary/aromatic N) is 2. The molecule has 0 saturated carbocycles. The smallest absolute Gasteiger partial charge is 0.0995 e. The van der Waals surface area contributed by atoms with Gasteiger partial charge in [0.1, 0.15) is 0 Å². The Hall–Kier alpha value is -1.33. The fraction of sp³-hybridized carbons (Fsp3) is 0.417. The van der Waals surface area contributed by atoms with E-state index in [0.717, 1.165) is 13.0 Å². The summed E-state index contributed by atoms with van der Waals surface area (Å²) in [7, 11) is 0. The van der Waals surface area contributed by atoms with Crippen LogP contribution in [0.4, 0.5) is 0 Å². The molecule has 1 saturated heterocycles. The molecule has 1 aromatic rings. The molecular weight excluding hydrogens is 172 g/mol. The van der Waals surface area contributed by atoms with Crippen LogP contribution in [0, 0.1) is 11.3 Å². The number of nitriles is 1. The number of hydrogen-bond donors (Lipinski definition) is 0. The molecule has 0 amide bonds. The quantitative estimate of drug-likeness (QED) is 0.709. The van der Waals surface area contributed by atoms with E-state index >= 15 is 0 Å². The molecule has 2 heteroatoms. The lowest BCUT2D eigenvalue weighted by Gasteiger charge is -2.41. The van der Waals surface area contributed by atoms with E-state index in [0.29, 0.717) is 6.04 Å². The van der Waals surface area contributed by atoms with Crippen molar-refractivity contribution in [3.63, 3.8) is 0 Å². The molecule has 0 bridgehead atoms. The Balaban J connectivity index is 2.10. The Kier molecular flexibility index (Phi) is 2.51. The predicted molar refractivity (Wildman–Crippen MR) is 55.6 cm³/mol. The van der Waals surface area contributed by atoms with E-state index in [2.05, 4.69) is 30.0 Å². The van der Waals surface area contributed by atoms with Crippen LogP contribution in [0.2, 0.25) is 0 Å². The summed E-state index contributed by atoms with van der Waals surface area (Å²) in [5, 5.41) is 8.86. The van der Waals surface area contributed by atoms with Crippen LogP contribution < -0.4 is 0 Å². The number of rotatable bonds is 2. The summed E-state index contributed by atoms with van der Waals surface area (Å²) < 4.78 is 0. The highest BCUT2D eigenvalue weighted by Crippen LogP contribution is 2.29. The van der Waals surface area contributed by atoms with E-state index < -0.39 is 0 Å². The van der Waals surface area contributed by atoms with Gasteiger partial charge in [-0.25, -0.2) is 0 Å². The van der Waals surface area contributed by atoms with Crippen molar-refractivity contribution >= 4 is 0 Å². The highest BCUT2D eigenvalue weighted by molar-refractivity contribution is 5.20. The second-order valence-electron chi connectivity index (χ2n) is 3.76. The highest BCUT2D eigenvalue weighted by atomic mass is 15.2. The fourth-order valence-corrected chi connectivity index (χ4v) is 1.93. The molecule has 72 valence electrons. The van der Waals surface area contributed by atoms with E-state index in [1.165, 1.54) is 5.56 Å². The minimum Gasteiger partial charge on any atom is -0.281 e. The Morgan fingerprint density at radius 3 is 2.64 bits per heavy atom. The largest absolute Gasteiger partial charge is 0.281 e. The molecule has 0 N–H and O–H groups in total. The average Bonchev–Trinajstić information content (AvgIpc) is 2.18. The van der Waals surface area contributed by atoms with Gasteiger partial charge in [0.25, 0.3) is 0 Å². The maximum atomic E-state index is 8.86. The Labute approximate surface area is 84.8 Å². The summed E-state index contributed by atoms with van der Waals surface area (Å²) in [6.07, 6.45) is 1.02. The van der Waals surface area contributed by atoms with E-state index in [1.54, 1.807) is 0 Å². The van der Waals surface area contributed by atoms with E-state index in [1.807, 2.05) is 18.2 Å². The van der Waals surface area contributed by atoms with Crippen LogP contribution in [-0.4, -0.2) is 17.5 Å². The van der Waals surface area contributed by atoms with Gasteiger partial charge in [-0.1, -0.05) is 30.3 Å². The SMILES string of the molecule is C[C@@H](c1ccccc1)N1CC[C@H]1C#N. The van der Waals surface area contributed by atoms with Crippen molar-refractivity contribution in [1.82, 2.24) is 4.90 Å². The van der Waals surface area contributed by atoms with Gasteiger partial charge < -0.3 is 0 Å². The standard InChI is InChI=1S/C12H14N2/c1-10(11-5-3-2-4-6-11)14-8-7-12(14)9-13/h2-6,10,12H,7-8H2,1H3/t10-,12-/m0/s1. The zero-order chi connectivity index (χ0) is 9.97. The third-order valence-corrected chi connectivity index (χ3v) is 2.99. The molecule has 0 aliphatic carbocycles. The molecule has 0 spiro atoms. The van der Waals surface area contributed by atoms with Gasteiger partial charge in [0.05, 0.1) is 12.1 Å². The molecule has 1 aromatic carbocycles. The van der Waals surface area contributed by atoms with Gasteiger partial charge in [0.2, 0.25) is 0 Å². The number of benzene rings is 1. The van der Waals surface area contributed by atoms with Crippen LogP contribution in [0.3, 0.4) is 0 Å². The first-order chi connectivity index (χ1) is 6.83. The molecule has 2 atom stereocenters. The van der Waals surface area contributed by atoms with Crippen molar-refractivity contribution in [2.24, 2.45) is 0 Å². The maximum absolute atomic E-state index is 8.86. The molecule has 0 unspecified atom stereocenters. The fourth-order valence-electron chi connectivity index (χ4n) is 1.93. The van der Waals surface area contributed by atoms with Gasteiger partial charge >= 0.3 is 0 Å². The van der Waals surface area contributed by atoms with Crippen LogP contribution >= 0.6 is 0 Å². The van der Waals surface area contributed by atoms with Crippen molar-refractivity contribution in [1.29, 1.82) is 5.26 Å². The summed E-state index contributed by atoms with van der Waals surface area (Å²) in [5.74, 6) is 0. The number of hydrogen-bond acceptors (Lipinski definition) is 2. The minimum atomic E-state index is 0.130. The van der Waals surface area contributed by atoms with Crippen molar-refractivity contribution in [2.75, 3.05) is 6.54 Å². The monoisotopic (exact) mass is 186 g/mol. The molecule has 1 fully saturated rings. The van der Waals surface area contributed by atoms with Gasteiger partial charge in [-0.15, -0.1) is 0 Å². The van der Waals surface area contributed by atoms with Crippen LogP contribution in [0.25, 0.3) is 0 Å². The zero-order valence-electron chi connectivity index (χ0n) is 8.35. The second kappa shape index (κ2) is 3.81. The van der Waals surface area contributed by atoms with Crippen LogP contribution in [-0.2, 0) is 0 Å². The lowest BCUT2D eigenvalue weighted by molar-refractivity contribution is 0.0834. The molecule has 2 nitrogen and oxygen atoms in total. The van der Waals surface area contributed by atoms with Crippen molar-refractivity contribution in [2.45, 2.75) is 25.4 Å². The van der Waals surface area contributed by atoms with Crippen LogP contribution in [0.1, 0.15) is 24.9 Å². The Morgan fingerprint density at radius 2 is 2.14 bits per heavy atom. The molecule has 0 aromatic heterocycles. The topological polar surface area (TPSA) is 27.0 Å². The average molecular weight is 186 g/mol. The molecule has 1 heterocycles. The lowest BCUT2D eigenvalue weighted by atomic mass is 9.97. The van der Waals surface area contributed by atoms with E-state index in [9.17, 15) is 0 Å². The van der Waals surface area contributed by atoms with Crippen LogP contribution in [0.5, 0.6) is 0 Å². The van der Waals surface area contributed by atoms with Crippen molar-refractivity contribution in [3.05, 3.63) is 35.9 Å². The molecular formula is C12H14N2. The third-order valence-electron chi connectivity index (χ3n) is 2.99. The predicted octanol–water partition coefficient (Wildman–Crippen LogP) is 2.35. The van der Waals surface area contributed by atoms with Gasteiger partial charge in [-0.05, 0) is 18.9 Å². The first-order valence-corrected chi connectivity index (χ1v) is 5.03.